The molecule has 0 saturated carbocycles. The third-order valence-electron chi connectivity index (χ3n) is 3.56. The molecule has 1 amide bonds. The number of nitrogens with zero attached hydrogens (tertiary/aromatic N) is 1. The number of aliphatic hydroxyl groups excluding tert-OH is 1. The van der Waals surface area contributed by atoms with Gasteiger partial charge in [-0.25, -0.2) is 0 Å². The highest BCUT2D eigenvalue weighted by Crippen LogP contribution is 2.12. The van der Waals surface area contributed by atoms with Gasteiger partial charge in [-0.3, -0.25) is 4.79 Å². The number of hydrogen-bond donors (Lipinski definition) is 3. The van der Waals surface area contributed by atoms with E-state index in [1.54, 1.807) is 6.07 Å². The van der Waals surface area contributed by atoms with Crippen LogP contribution in [0.3, 0.4) is 0 Å². The summed E-state index contributed by atoms with van der Waals surface area (Å²) in [4.78, 5) is 14.4. The minimum absolute atomic E-state index is 0.0187. The van der Waals surface area contributed by atoms with Gasteiger partial charge in [0, 0.05) is 30.8 Å². The van der Waals surface area contributed by atoms with Crippen molar-refractivity contribution in [1.29, 1.82) is 0 Å². The topological polar surface area (TPSA) is 78.6 Å². The number of thiocarbonyl (C=S) groups is 1. The molecular formula is C15H21N3O2S. The second-order valence-electron chi connectivity index (χ2n) is 5.34. The van der Waals surface area contributed by atoms with Crippen LogP contribution >= 0.6 is 12.2 Å². The van der Waals surface area contributed by atoms with Gasteiger partial charge in [0.1, 0.15) is 4.99 Å². The van der Waals surface area contributed by atoms with Crippen LogP contribution in [0.1, 0.15) is 24.8 Å². The molecule has 2 rings (SSSR count). The summed E-state index contributed by atoms with van der Waals surface area (Å²) < 4.78 is 0. The van der Waals surface area contributed by atoms with Gasteiger partial charge in [0.2, 0.25) is 5.91 Å². The molecule has 5 nitrogen and oxygen atoms in total. The number of nitrogens with two attached hydrogens (primary N) is 1. The average molecular weight is 307 g/mol. The summed E-state index contributed by atoms with van der Waals surface area (Å²) in [5, 5.41) is 12.3. The smallest absolute Gasteiger partial charge is 0.224 e. The van der Waals surface area contributed by atoms with E-state index in [0.717, 1.165) is 38.0 Å². The lowest BCUT2D eigenvalue weighted by Crippen LogP contribution is -2.24. The fraction of sp³-hybridized carbons (Fsp3) is 0.467. The van der Waals surface area contributed by atoms with Crippen molar-refractivity contribution in [2.45, 2.75) is 25.4 Å². The van der Waals surface area contributed by atoms with Crippen LogP contribution in [-0.4, -0.2) is 46.6 Å². The number of benzene rings is 1. The second-order valence-corrected chi connectivity index (χ2v) is 5.78. The Morgan fingerprint density at radius 3 is 3.00 bits per heavy atom. The molecule has 4 N–H and O–H groups in total. The molecule has 1 fully saturated rings. The highest BCUT2D eigenvalue weighted by Gasteiger charge is 2.19. The Balaban J connectivity index is 1.74. The molecule has 21 heavy (non-hydrogen) atoms. The molecule has 6 heteroatoms. The van der Waals surface area contributed by atoms with Gasteiger partial charge in [0.15, 0.2) is 0 Å². The van der Waals surface area contributed by atoms with Crippen molar-refractivity contribution < 1.29 is 9.90 Å². The maximum atomic E-state index is 11.9. The van der Waals surface area contributed by atoms with E-state index < -0.39 is 0 Å². The summed E-state index contributed by atoms with van der Waals surface area (Å²) in [7, 11) is 0. The van der Waals surface area contributed by atoms with Crippen molar-refractivity contribution in [1.82, 2.24) is 4.90 Å². The lowest BCUT2D eigenvalue weighted by molar-refractivity contribution is -0.116. The summed E-state index contributed by atoms with van der Waals surface area (Å²) >= 11 is 4.92. The van der Waals surface area contributed by atoms with Gasteiger partial charge in [0.05, 0.1) is 6.10 Å². The number of hydrogen-bond acceptors (Lipinski definition) is 4. The number of carbonyl (C=O) groups is 1. The molecular weight excluding hydrogens is 286 g/mol. The third-order valence-corrected chi connectivity index (χ3v) is 3.79. The van der Waals surface area contributed by atoms with Crippen LogP contribution in [0.25, 0.3) is 0 Å². The molecule has 1 aromatic rings. The van der Waals surface area contributed by atoms with E-state index in [4.69, 9.17) is 18.0 Å². The summed E-state index contributed by atoms with van der Waals surface area (Å²) in [6.07, 6.45) is 1.87. The average Bonchev–Trinajstić information content (AvgIpc) is 2.84. The van der Waals surface area contributed by atoms with Gasteiger partial charge in [-0.1, -0.05) is 24.4 Å². The van der Waals surface area contributed by atoms with Crippen LogP contribution in [0.4, 0.5) is 5.69 Å². The first-order valence-corrected chi connectivity index (χ1v) is 7.55. The molecule has 1 aromatic carbocycles. The molecule has 0 bridgehead atoms. The second kappa shape index (κ2) is 7.49. The number of rotatable bonds is 6. The zero-order valence-corrected chi connectivity index (χ0v) is 12.7. The van der Waals surface area contributed by atoms with E-state index in [2.05, 4.69) is 10.2 Å². The van der Waals surface area contributed by atoms with Crippen molar-refractivity contribution in [3.8, 4) is 0 Å². The first-order valence-electron chi connectivity index (χ1n) is 7.15. The molecule has 1 aliphatic heterocycles. The first kappa shape index (κ1) is 15.9. The quantitative estimate of drug-likeness (QED) is 0.686. The van der Waals surface area contributed by atoms with Crippen molar-refractivity contribution in [3.63, 3.8) is 0 Å². The predicted octanol–water partition coefficient (Wildman–Crippen LogP) is 1.11. The molecule has 1 saturated heterocycles. The monoisotopic (exact) mass is 307 g/mol. The van der Waals surface area contributed by atoms with Crippen LogP contribution in [0, 0.1) is 0 Å². The Kier molecular flexibility index (Phi) is 5.67. The zero-order valence-electron chi connectivity index (χ0n) is 11.9. The summed E-state index contributed by atoms with van der Waals surface area (Å²) in [5.74, 6) is -0.0187. The normalized spacial score (nSPS) is 18.6. The van der Waals surface area contributed by atoms with Gasteiger partial charge in [-0.05, 0) is 31.5 Å². The molecule has 0 aliphatic carbocycles. The molecule has 1 atom stereocenters. The van der Waals surface area contributed by atoms with E-state index in [-0.39, 0.29) is 12.0 Å². The molecule has 0 aromatic heterocycles. The Hall–Kier alpha value is -1.50. The largest absolute Gasteiger partial charge is 0.392 e. The molecule has 1 unspecified atom stereocenters. The number of aliphatic hydroxyl groups is 1. The van der Waals surface area contributed by atoms with Gasteiger partial charge in [0.25, 0.3) is 0 Å². The van der Waals surface area contributed by atoms with Crippen molar-refractivity contribution >= 4 is 28.8 Å². The lowest BCUT2D eigenvalue weighted by Gasteiger charge is -2.14. The number of amides is 1. The highest BCUT2D eigenvalue weighted by molar-refractivity contribution is 7.80. The first-order chi connectivity index (χ1) is 10.0. The van der Waals surface area contributed by atoms with E-state index in [9.17, 15) is 9.90 Å². The van der Waals surface area contributed by atoms with E-state index >= 15 is 0 Å². The fourth-order valence-corrected chi connectivity index (χ4v) is 2.58. The molecule has 1 aliphatic rings. The van der Waals surface area contributed by atoms with Crippen LogP contribution in [0.5, 0.6) is 0 Å². The van der Waals surface area contributed by atoms with Crippen molar-refractivity contribution in [3.05, 3.63) is 29.8 Å². The number of carbonyl (C=O) groups excluding carboxylic acids is 1. The minimum Gasteiger partial charge on any atom is -0.392 e. The fourth-order valence-electron chi connectivity index (χ4n) is 2.45. The predicted molar refractivity (Wildman–Crippen MR) is 87.3 cm³/mol. The maximum absolute atomic E-state index is 11.9. The van der Waals surface area contributed by atoms with Gasteiger partial charge < -0.3 is 21.1 Å². The number of β-amino-alcohol motifs (C(OH)–C–C–N with tert-alkyl or cyclic N) is 1. The van der Waals surface area contributed by atoms with E-state index in [0.29, 0.717) is 17.1 Å². The minimum atomic E-state index is -0.207. The summed E-state index contributed by atoms with van der Waals surface area (Å²) in [5.41, 5.74) is 7.02. The van der Waals surface area contributed by atoms with E-state index in [1.807, 2.05) is 18.2 Å². The summed E-state index contributed by atoms with van der Waals surface area (Å²) in [6, 6.07) is 7.22. The molecule has 114 valence electrons. The third kappa shape index (κ3) is 5.08. The highest BCUT2D eigenvalue weighted by atomic mass is 32.1. The number of likely N-dealkylation sites (tertiary alicyclic amines) is 1. The van der Waals surface area contributed by atoms with Crippen LogP contribution < -0.4 is 11.1 Å². The molecule has 0 radical (unpaired) electrons. The SMILES string of the molecule is NC(=S)c1cccc(NC(=O)CCCN2CCC(O)C2)c1. The van der Waals surface area contributed by atoms with Crippen molar-refractivity contribution in [2.75, 3.05) is 25.0 Å². The summed E-state index contributed by atoms with van der Waals surface area (Å²) in [6.45, 7) is 2.48. The van der Waals surface area contributed by atoms with E-state index in [1.165, 1.54) is 0 Å². The standard InChI is InChI=1S/C15H21N3O2S/c16-15(21)11-3-1-4-12(9-11)17-14(20)5-2-7-18-8-6-13(19)10-18/h1,3-4,9,13,19H,2,5-8,10H2,(H2,16,21)(H,17,20). The lowest BCUT2D eigenvalue weighted by atomic mass is 10.2. The molecule has 0 spiro atoms. The van der Waals surface area contributed by atoms with Crippen LogP contribution in [0.15, 0.2) is 24.3 Å². The van der Waals surface area contributed by atoms with Crippen LogP contribution in [0.2, 0.25) is 0 Å². The number of nitrogens with one attached hydrogen (secondary N) is 1. The van der Waals surface area contributed by atoms with Crippen molar-refractivity contribution in [2.24, 2.45) is 5.73 Å². The van der Waals surface area contributed by atoms with Gasteiger partial charge >= 0.3 is 0 Å². The van der Waals surface area contributed by atoms with Gasteiger partial charge in [-0.15, -0.1) is 0 Å². The van der Waals surface area contributed by atoms with Crippen LogP contribution in [-0.2, 0) is 4.79 Å². The Morgan fingerprint density at radius 1 is 1.52 bits per heavy atom. The van der Waals surface area contributed by atoms with Gasteiger partial charge in [-0.2, -0.15) is 0 Å². The number of anilines is 1. The molecule has 1 heterocycles. The maximum Gasteiger partial charge on any atom is 0.224 e. The Labute approximate surface area is 130 Å². The Bertz CT molecular complexity index is 521. The zero-order chi connectivity index (χ0) is 15.2. The Morgan fingerprint density at radius 2 is 2.33 bits per heavy atom.